The highest BCUT2D eigenvalue weighted by molar-refractivity contribution is 6.04. The Morgan fingerprint density at radius 2 is 1.73 bits per heavy atom. The molecule has 154 valence electrons. The summed E-state index contributed by atoms with van der Waals surface area (Å²) in [5, 5.41) is 4.75. The Morgan fingerprint density at radius 3 is 2.50 bits per heavy atom. The van der Waals surface area contributed by atoms with Gasteiger partial charge in [-0.15, -0.1) is 0 Å². The average Bonchev–Trinajstić information content (AvgIpc) is 2.77. The molecule has 0 spiro atoms. The Balaban J connectivity index is 1.64. The van der Waals surface area contributed by atoms with Crippen LogP contribution < -0.4 is 14.8 Å². The molecular weight excluding hydrogens is 382 g/mol. The summed E-state index contributed by atoms with van der Waals surface area (Å²) in [4.78, 5) is 24.7. The van der Waals surface area contributed by atoms with Crippen molar-refractivity contribution in [2.24, 2.45) is 0 Å². The van der Waals surface area contributed by atoms with E-state index in [1.54, 1.807) is 31.4 Å². The fourth-order valence-corrected chi connectivity index (χ4v) is 2.95. The first kappa shape index (κ1) is 20.9. The normalized spacial score (nSPS) is 11.8. The first-order valence-electron chi connectivity index (χ1n) is 9.41. The van der Waals surface area contributed by atoms with Crippen LogP contribution in [-0.4, -0.2) is 32.2 Å². The van der Waals surface area contributed by atoms with Gasteiger partial charge in [0.2, 0.25) is 0 Å². The van der Waals surface area contributed by atoms with E-state index in [1.165, 1.54) is 20.1 Å². The number of hydrogen-bond acceptors (Lipinski definition) is 5. The fourth-order valence-electron chi connectivity index (χ4n) is 2.95. The molecule has 3 aromatic carbocycles. The van der Waals surface area contributed by atoms with Crippen molar-refractivity contribution in [3.8, 4) is 11.5 Å². The van der Waals surface area contributed by atoms with Crippen LogP contribution >= 0.6 is 0 Å². The number of fused-ring (bicyclic) bond motifs is 1. The van der Waals surface area contributed by atoms with Crippen LogP contribution in [0.3, 0.4) is 0 Å². The lowest BCUT2D eigenvalue weighted by atomic mass is 10.1. The van der Waals surface area contributed by atoms with Crippen molar-refractivity contribution in [3.63, 3.8) is 0 Å². The molecule has 6 heteroatoms. The number of benzene rings is 3. The van der Waals surface area contributed by atoms with Crippen LogP contribution in [-0.2, 0) is 14.3 Å². The van der Waals surface area contributed by atoms with Crippen LogP contribution in [0.1, 0.15) is 12.5 Å². The third-order valence-corrected chi connectivity index (χ3v) is 4.55. The van der Waals surface area contributed by atoms with Gasteiger partial charge >= 0.3 is 5.97 Å². The molecule has 0 unspecified atom stereocenters. The molecule has 0 fully saturated rings. The van der Waals surface area contributed by atoms with Gasteiger partial charge in [0, 0.05) is 28.8 Å². The summed E-state index contributed by atoms with van der Waals surface area (Å²) in [6.45, 7) is 1.53. The van der Waals surface area contributed by atoms with E-state index in [-0.39, 0.29) is 0 Å². The number of esters is 1. The van der Waals surface area contributed by atoms with E-state index in [4.69, 9.17) is 14.2 Å². The van der Waals surface area contributed by atoms with E-state index in [9.17, 15) is 9.59 Å². The third kappa shape index (κ3) is 4.97. The van der Waals surface area contributed by atoms with E-state index in [0.29, 0.717) is 22.7 Å². The van der Waals surface area contributed by atoms with Crippen molar-refractivity contribution in [1.82, 2.24) is 0 Å². The maximum Gasteiger partial charge on any atom is 0.331 e. The molecule has 0 saturated carbocycles. The molecule has 3 aromatic rings. The van der Waals surface area contributed by atoms with Crippen molar-refractivity contribution < 1.29 is 23.8 Å². The molecule has 1 atom stereocenters. The highest BCUT2D eigenvalue weighted by Gasteiger charge is 2.17. The van der Waals surface area contributed by atoms with Gasteiger partial charge in [0.05, 0.1) is 14.2 Å². The highest BCUT2D eigenvalue weighted by Crippen LogP contribution is 2.26. The average molecular weight is 405 g/mol. The molecule has 1 amide bonds. The zero-order valence-corrected chi connectivity index (χ0v) is 17.0. The molecule has 0 bridgehead atoms. The summed E-state index contributed by atoms with van der Waals surface area (Å²) in [6, 6.07) is 18.6. The maximum absolute atomic E-state index is 12.5. The quantitative estimate of drug-likeness (QED) is 0.465. The fraction of sp³-hybridized carbons (Fsp3) is 0.167. The van der Waals surface area contributed by atoms with Crippen molar-refractivity contribution in [1.29, 1.82) is 0 Å². The minimum atomic E-state index is -0.959. The van der Waals surface area contributed by atoms with Gasteiger partial charge in [-0.3, -0.25) is 4.79 Å². The Morgan fingerprint density at radius 1 is 0.967 bits per heavy atom. The molecule has 30 heavy (non-hydrogen) atoms. The molecule has 0 aliphatic rings. The zero-order valence-electron chi connectivity index (χ0n) is 17.0. The largest absolute Gasteiger partial charge is 0.497 e. The summed E-state index contributed by atoms with van der Waals surface area (Å²) in [5.74, 6) is 0.161. The van der Waals surface area contributed by atoms with Crippen LogP contribution in [0.5, 0.6) is 11.5 Å². The smallest absolute Gasteiger partial charge is 0.331 e. The Kier molecular flexibility index (Phi) is 6.70. The molecule has 0 saturated heterocycles. The zero-order chi connectivity index (χ0) is 21.5. The molecule has 6 nitrogen and oxygen atoms in total. The van der Waals surface area contributed by atoms with Crippen molar-refractivity contribution in [3.05, 3.63) is 72.3 Å². The Labute approximate surface area is 175 Å². The van der Waals surface area contributed by atoms with Crippen molar-refractivity contribution in [2.75, 3.05) is 19.5 Å². The molecule has 0 aliphatic carbocycles. The highest BCUT2D eigenvalue weighted by atomic mass is 16.5. The minimum absolute atomic E-state index is 0.407. The number of methoxy groups -OCH3 is 2. The molecule has 0 aromatic heterocycles. The topological polar surface area (TPSA) is 73.9 Å². The minimum Gasteiger partial charge on any atom is -0.497 e. The summed E-state index contributed by atoms with van der Waals surface area (Å²) < 4.78 is 15.7. The summed E-state index contributed by atoms with van der Waals surface area (Å²) in [7, 11) is 3.09. The summed E-state index contributed by atoms with van der Waals surface area (Å²) in [5.41, 5.74) is 1.35. The van der Waals surface area contributed by atoms with Crippen LogP contribution in [0.2, 0.25) is 0 Å². The Bertz CT molecular complexity index is 1080. The number of carbonyl (C=O) groups excluding carboxylic acids is 2. The lowest BCUT2D eigenvalue weighted by Crippen LogP contribution is -2.29. The maximum atomic E-state index is 12.5. The number of hydrogen-bond donors (Lipinski definition) is 1. The second-order valence-electron chi connectivity index (χ2n) is 6.54. The number of anilines is 1. The predicted octanol–water partition coefficient (Wildman–Crippen LogP) is 4.44. The van der Waals surface area contributed by atoms with E-state index < -0.39 is 18.0 Å². The molecule has 0 radical (unpaired) electrons. The third-order valence-electron chi connectivity index (χ3n) is 4.55. The van der Waals surface area contributed by atoms with Crippen LogP contribution in [0.15, 0.2) is 66.7 Å². The van der Waals surface area contributed by atoms with Gasteiger partial charge in [0.1, 0.15) is 11.5 Å². The summed E-state index contributed by atoms with van der Waals surface area (Å²) >= 11 is 0. The lowest BCUT2D eigenvalue weighted by Gasteiger charge is -2.14. The monoisotopic (exact) mass is 405 g/mol. The van der Waals surface area contributed by atoms with E-state index >= 15 is 0 Å². The first-order chi connectivity index (χ1) is 14.5. The van der Waals surface area contributed by atoms with Gasteiger partial charge in [-0.1, -0.05) is 36.4 Å². The number of carbonyl (C=O) groups is 2. The first-order valence-corrected chi connectivity index (χ1v) is 9.41. The van der Waals surface area contributed by atoms with Gasteiger partial charge in [0.25, 0.3) is 5.91 Å². The van der Waals surface area contributed by atoms with Gasteiger partial charge in [-0.25, -0.2) is 4.79 Å². The number of amides is 1. The SMILES string of the molecule is COc1ccc(/C=C/C(=O)O[C@@H](C)C(=O)Nc2cccc3ccccc23)c(OC)c1. The van der Waals surface area contributed by atoms with Gasteiger partial charge in [-0.05, 0) is 36.6 Å². The molecule has 1 N–H and O–H groups in total. The molecular formula is C24H23NO5. The summed E-state index contributed by atoms with van der Waals surface area (Å²) in [6.07, 6.45) is 1.86. The van der Waals surface area contributed by atoms with Crippen molar-refractivity contribution in [2.45, 2.75) is 13.0 Å². The molecule has 0 heterocycles. The second kappa shape index (κ2) is 9.60. The predicted molar refractivity (Wildman–Crippen MR) is 117 cm³/mol. The second-order valence-corrected chi connectivity index (χ2v) is 6.54. The number of ether oxygens (including phenoxy) is 3. The van der Waals surface area contributed by atoms with Crippen molar-refractivity contribution >= 4 is 34.4 Å². The van der Waals surface area contributed by atoms with Gasteiger partial charge < -0.3 is 19.5 Å². The van der Waals surface area contributed by atoms with Crippen LogP contribution in [0, 0.1) is 0 Å². The van der Waals surface area contributed by atoms with Crippen LogP contribution in [0.25, 0.3) is 16.8 Å². The van der Waals surface area contributed by atoms with Gasteiger partial charge in [-0.2, -0.15) is 0 Å². The molecule has 3 rings (SSSR count). The Hall–Kier alpha value is -3.80. The van der Waals surface area contributed by atoms with E-state index in [0.717, 1.165) is 10.8 Å². The lowest BCUT2D eigenvalue weighted by molar-refractivity contribution is -0.148. The number of rotatable bonds is 7. The van der Waals surface area contributed by atoms with Crippen LogP contribution in [0.4, 0.5) is 5.69 Å². The van der Waals surface area contributed by atoms with Gasteiger partial charge in [0.15, 0.2) is 6.10 Å². The van der Waals surface area contributed by atoms with E-state index in [1.807, 2.05) is 42.5 Å². The molecule has 0 aliphatic heterocycles. The standard InChI is InChI=1S/C24H23NO5/c1-16(24(27)25-21-10-6-8-17-7-4-5-9-20(17)21)30-23(26)14-12-18-11-13-19(28-2)15-22(18)29-3/h4-16H,1-3H3,(H,25,27)/b14-12+/t16-/m0/s1. The van der Waals surface area contributed by atoms with E-state index in [2.05, 4.69) is 5.32 Å². The number of nitrogens with one attached hydrogen (secondary N) is 1.